The van der Waals surface area contributed by atoms with Crippen molar-refractivity contribution in [1.82, 2.24) is 10.2 Å². The Labute approximate surface area is 199 Å². The van der Waals surface area contributed by atoms with Gasteiger partial charge < -0.3 is 20.1 Å². The number of nitrogens with zero attached hydrogens (tertiary/aromatic N) is 1. The lowest BCUT2D eigenvalue weighted by Crippen LogP contribution is -2.56. The number of aliphatic carboxylic acids is 1. The van der Waals surface area contributed by atoms with Crippen LogP contribution in [0.25, 0.3) is 11.1 Å². The molecule has 1 atom stereocenters. The van der Waals surface area contributed by atoms with Crippen LogP contribution in [0.2, 0.25) is 0 Å². The van der Waals surface area contributed by atoms with Gasteiger partial charge in [0.25, 0.3) is 0 Å². The standard InChI is InChI=1S/C27H30N2O5/c1-3-17(12-23(30)29-16-26(2)14-27(29,15-26)24(31)32)28-25(33)34-13-22-20-10-6-4-8-18(20)19-9-5-7-11-21(19)22/h4-11,17,22H,3,12-16H2,1-2H3,(H,28,33)(H,31,32). The Balaban J connectivity index is 1.20. The molecule has 3 fully saturated rings. The summed E-state index contributed by atoms with van der Waals surface area (Å²) in [5.74, 6) is -1.20. The van der Waals surface area contributed by atoms with E-state index in [4.69, 9.17) is 4.74 Å². The van der Waals surface area contributed by atoms with Crippen LogP contribution in [0.4, 0.5) is 4.79 Å². The van der Waals surface area contributed by atoms with Gasteiger partial charge in [0.05, 0.1) is 0 Å². The largest absolute Gasteiger partial charge is 0.479 e. The van der Waals surface area contributed by atoms with E-state index >= 15 is 0 Å². The molecule has 34 heavy (non-hydrogen) atoms. The zero-order valence-electron chi connectivity index (χ0n) is 19.5. The third-order valence-electron chi connectivity index (χ3n) is 7.77. The summed E-state index contributed by atoms with van der Waals surface area (Å²) in [5, 5.41) is 12.5. The van der Waals surface area contributed by atoms with Gasteiger partial charge in [0.2, 0.25) is 5.91 Å². The Kier molecular flexibility index (Phi) is 5.38. The fourth-order valence-corrected chi connectivity index (χ4v) is 6.21. The van der Waals surface area contributed by atoms with Crippen molar-refractivity contribution in [3.8, 4) is 11.1 Å². The quantitative estimate of drug-likeness (QED) is 0.644. The second-order valence-corrected chi connectivity index (χ2v) is 10.3. The minimum atomic E-state index is -1.08. The van der Waals surface area contributed by atoms with Crippen LogP contribution in [0, 0.1) is 5.41 Å². The number of hydrogen-bond acceptors (Lipinski definition) is 4. The summed E-state index contributed by atoms with van der Waals surface area (Å²) in [7, 11) is 0. The number of carbonyl (C=O) groups is 3. The second-order valence-electron chi connectivity index (χ2n) is 10.3. The number of hydrogen-bond donors (Lipinski definition) is 2. The molecule has 2 amide bonds. The molecule has 1 unspecified atom stereocenters. The van der Waals surface area contributed by atoms with E-state index in [1.807, 2.05) is 38.1 Å². The Morgan fingerprint density at radius 1 is 1.09 bits per heavy atom. The van der Waals surface area contributed by atoms with Gasteiger partial charge in [-0.05, 0) is 46.9 Å². The number of carboxylic acids is 1. The SMILES string of the molecule is CCC(CC(=O)N1CC2(C)CC1(C(=O)O)C2)NC(=O)OCC1c2ccccc2-c2ccccc21. The van der Waals surface area contributed by atoms with Crippen molar-refractivity contribution in [2.24, 2.45) is 5.41 Å². The molecular formula is C27H30N2O5. The van der Waals surface area contributed by atoms with Crippen molar-refractivity contribution in [2.75, 3.05) is 13.2 Å². The number of ether oxygens (including phenoxy) is 1. The molecule has 2 aliphatic carbocycles. The molecule has 2 bridgehead atoms. The maximum Gasteiger partial charge on any atom is 0.407 e. The molecule has 2 saturated heterocycles. The summed E-state index contributed by atoms with van der Waals surface area (Å²) in [5.41, 5.74) is 3.41. The molecular weight excluding hydrogens is 432 g/mol. The first-order chi connectivity index (χ1) is 16.3. The van der Waals surface area contributed by atoms with Crippen LogP contribution in [0.15, 0.2) is 48.5 Å². The van der Waals surface area contributed by atoms with Gasteiger partial charge >= 0.3 is 12.1 Å². The van der Waals surface area contributed by atoms with Gasteiger partial charge in [-0.15, -0.1) is 0 Å². The van der Waals surface area contributed by atoms with E-state index in [1.54, 1.807) is 0 Å². The van der Waals surface area contributed by atoms with Gasteiger partial charge in [-0.3, -0.25) is 4.79 Å². The van der Waals surface area contributed by atoms with Crippen LogP contribution in [-0.4, -0.2) is 52.7 Å². The fourth-order valence-electron chi connectivity index (χ4n) is 6.21. The Morgan fingerprint density at radius 2 is 1.68 bits per heavy atom. The Hall–Kier alpha value is -3.35. The molecule has 7 nitrogen and oxygen atoms in total. The van der Waals surface area contributed by atoms with Crippen LogP contribution in [0.3, 0.4) is 0 Å². The molecule has 178 valence electrons. The lowest BCUT2D eigenvalue weighted by molar-refractivity contribution is -0.160. The van der Waals surface area contributed by atoms with Crippen molar-refractivity contribution >= 4 is 18.0 Å². The second kappa shape index (κ2) is 8.15. The molecule has 2 heterocycles. The van der Waals surface area contributed by atoms with Crippen molar-refractivity contribution in [3.63, 3.8) is 0 Å². The predicted octanol–water partition coefficient (Wildman–Crippen LogP) is 4.16. The van der Waals surface area contributed by atoms with E-state index in [2.05, 4.69) is 29.6 Å². The maximum atomic E-state index is 13.0. The highest BCUT2D eigenvalue weighted by Crippen LogP contribution is 2.59. The van der Waals surface area contributed by atoms with Crippen LogP contribution in [-0.2, 0) is 14.3 Å². The highest BCUT2D eigenvalue weighted by atomic mass is 16.5. The molecule has 7 heteroatoms. The smallest absolute Gasteiger partial charge is 0.407 e. The number of carbonyl (C=O) groups excluding carboxylic acids is 2. The fraction of sp³-hybridized carbons (Fsp3) is 0.444. The number of nitrogens with one attached hydrogen (secondary N) is 1. The first-order valence-corrected chi connectivity index (χ1v) is 11.9. The first kappa shape index (κ1) is 22.4. The summed E-state index contributed by atoms with van der Waals surface area (Å²) >= 11 is 0. The zero-order chi connectivity index (χ0) is 24.1. The number of fused-ring (bicyclic) bond motifs is 4. The third kappa shape index (κ3) is 3.54. The van der Waals surface area contributed by atoms with Crippen LogP contribution >= 0.6 is 0 Å². The van der Waals surface area contributed by atoms with Crippen LogP contribution in [0.5, 0.6) is 0 Å². The number of rotatable bonds is 7. The molecule has 6 rings (SSSR count). The first-order valence-electron chi connectivity index (χ1n) is 11.9. The zero-order valence-corrected chi connectivity index (χ0v) is 19.5. The van der Waals surface area contributed by atoms with E-state index < -0.39 is 23.6 Å². The lowest BCUT2D eigenvalue weighted by atomic mass is 9.63. The molecule has 0 spiro atoms. The van der Waals surface area contributed by atoms with Gasteiger partial charge in [-0.25, -0.2) is 9.59 Å². The summed E-state index contributed by atoms with van der Waals surface area (Å²) < 4.78 is 5.61. The molecule has 0 radical (unpaired) electrons. The molecule has 2 aliphatic heterocycles. The van der Waals surface area contributed by atoms with Crippen molar-refractivity contribution < 1.29 is 24.2 Å². The number of amides is 2. The molecule has 2 aromatic carbocycles. The van der Waals surface area contributed by atoms with E-state index in [9.17, 15) is 19.5 Å². The maximum absolute atomic E-state index is 13.0. The Bertz CT molecular complexity index is 1110. The van der Waals surface area contributed by atoms with Crippen molar-refractivity contribution in [2.45, 2.75) is 57.0 Å². The van der Waals surface area contributed by atoms with E-state index in [-0.39, 0.29) is 30.3 Å². The van der Waals surface area contributed by atoms with Crippen LogP contribution < -0.4 is 5.32 Å². The molecule has 2 N–H and O–H groups in total. The highest BCUT2D eigenvalue weighted by Gasteiger charge is 2.68. The third-order valence-corrected chi connectivity index (χ3v) is 7.77. The summed E-state index contributed by atoms with van der Waals surface area (Å²) in [6.45, 7) is 4.57. The minimum absolute atomic E-state index is 0.0348. The monoisotopic (exact) mass is 462 g/mol. The molecule has 0 aromatic heterocycles. The molecule has 4 aliphatic rings. The summed E-state index contributed by atoms with van der Waals surface area (Å²) in [6, 6.07) is 15.9. The highest BCUT2D eigenvalue weighted by molar-refractivity contribution is 5.90. The van der Waals surface area contributed by atoms with E-state index in [1.165, 1.54) is 4.90 Å². The predicted molar refractivity (Wildman–Crippen MR) is 126 cm³/mol. The van der Waals surface area contributed by atoms with Gasteiger partial charge in [0, 0.05) is 24.9 Å². The van der Waals surface area contributed by atoms with Gasteiger partial charge in [-0.1, -0.05) is 62.4 Å². The average molecular weight is 463 g/mol. The molecule has 1 saturated carbocycles. The minimum Gasteiger partial charge on any atom is -0.479 e. The molecule has 2 aromatic rings. The summed E-state index contributed by atoms with van der Waals surface area (Å²) in [6.07, 6.45) is 1.04. The van der Waals surface area contributed by atoms with E-state index in [0.29, 0.717) is 25.8 Å². The van der Waals surface area contributed by atoms with E-state index in [0.717, 1.165) is 22.3 Å². The topological polar surface area (TPSA) is 95.9 Å². The van der Waals surface area contributed by atoms with Gasteiger partial charge in [0.15, 0.2) is 0 Å². The average Bonchev–Trinajstić information content (AvgIpc) is 3.41. The number of carboxylic acid groups (broad SMARTS) is 1. The summed E-state index contributed by atoms with van der Waals surface area (Å²) in [4.78, 5) is 39.0. The van der Waals surface area contributed by atoms with Crippen molar-refractivity contribution in [1.29, 1.82) is 0 Å². The van der Waals surface area contributed by atoms with Gasteiger partial charge in [-0.2, -0.15) is 0 Å². The Morgan fingerprint density at radius 3 is 2.24 bits per heavy atom. The number of benzene rings is 2. The normalized spacial score (nSPS) is 25.2. The van der Waals surface area contributed by atoms with Gasteiger partial charge in [0.1, 0.15) is 12.1 Å². The lowest BCUT2D eigenvalue weighted by Gasteiger charge is -2.42. The van der Waals surface area contributed by atoms with Crippen molar-refractivity contribution in [3.05, 3.63) is 59.7 Å². The van der Waals surface area contributed by atoms with Crippen LogP contribution in [0.1, 0.15) is 56.6 Å². The number of alkyl carbamates (subject to hydrolysis) is 1.